The molecule has 1 aliphatic heterocycles. The van der Waals surface area contributed by atoms with Crippen LogP contribution in [0.4, 0.5) is 26.3 Å². The molecule has 138 valence electrons. The molecule has 0 aromatic heterocycles. The molecule has 0 radical (unpaired) electrons. The molecule has 1 aliphatic rings. The minimum atomic E-state index is -6.99. The van der Waals surface area contributed by atoms with Crippen LogP contribution in [0.25, 0.3) is 0 Å². The Labute approximate surface area is 128 Å². The lowest BCUT2D eigenvalue weighted by Gasteiger charge is -2.36. The third kappa shape index (κ3) is 3.05. The molecule has 6 nitrogen and oxygen atoms in total. The molecule has 1 rings (SSSR count). The lowest BCUT2D eigenvalue weighted by atomic mass is 10.0. The van der Waals surface area contributed by atoms with Gasteiger partial charge < -0.3 is 0 Å². The zero-order valence-electron chi connectivity index (χ0n) is 11.5. The van der Waals surface area contributed by atoms with E-state index in [1.54, 1.807) is 6.92 Å². The number of halogens is 6. The molecule has 0 spiro atoms. The maximum absolute atomic E-state index is 13.7. The molecule has 0 unspecified atom stereocenters. The summed E-state index contributed by atoms with van der Waals surface area (Å²) in [6.07, 6.45) is 0.0745. The minimum Gasteiger partial charge on any atom is -0.281 e. The van der Waals surface area contributed by atoms with E-state index in [1.165, 1.54) is 0 Å². The van der Waals surface area contributed by atoms with E-state index >= 15 is 0 Å². The molecule has 14 heteroatoms. The van der Waals surface area contributed by atoms with E-state index in [-0.39, 0.29) is 23.1 Å². The molecule has 1 heterocycles. The van der Waals surface area contributed by atoms with Crippen LogP contribution in [0, 0.1) is 5.92 Å². The second-order valence-corrected chi connectivity index (χ2v) is 8.61. The summed E-state index contributed by atoms with van der Waals surface area (Å²) in [6.45, 7) is 0.433. The monoisotopic (exact) mass is 393 g/mol. The van der Waals surface area contributed by atoms with Crippen molar-refractivity contribution in [2.45, 2.75) is 36.2 Å². The van der Waals surface area contributed by atoms with Crippen molar-refractivity contribution < 1.29 is 47.7 Å². The first-order valence-electron chi connectivity index (χ1n) is 6.10. The topological polar surface area (TPSA) is 91.8 Å². The number of alkyl halides is 6. The van der Waals surface area contributed by atoms with E-state index < -0.39 is 49.7 Å². The van der Waals surface area contributed by atoms with Crippen LogP contribution in [0.1, 0.15) is 19.8 Å². The fourth-order valence-corrected chi connectivity index (χ4v) is 3.87. The summed E-state index contributed by atoms with van der Waals surface area (Å²) in [5.41, 5.74) is 0. The molecule has 0 saturated carbocycles. The van der Waals surface area contributed by atoms with Crippen LogP contribution in [0.15, 0.2) is 0 Å². The van der Waals surface area contributed by atoms with Gasteiger partial charge in [-0.05, 0) is 18.8 Å². The third-order valence-electron chi connectivity index (χ3n) is 3.46. The van der Waals surface area contributed by atoms with Gasteiger partial charge in [-0.25, -0.2) is 8.42 Å². The predicted molar refractivity (Wildman–Crippen MR) is 65.3 cm³/mol. The van der Waals surface area contributed by atoms with Gasteiger partial charge in [0.15, 0.2) is 0 Å². The summed E-state index contributed by atoms with van der Waals surface area (Å²) in [5.74, 6) is -6.97. The van der Waals surface area contributed by atoms with Crippen molar-refractivity contribution in [3.63, 3.8) is 0 Å². The van der Waals surface area contributed by atoms with Gasteiger partial charge in [0.1, 0.15) is 0 Å². The molecule has 0 atom stereocenters. The highest BCUT2D eigenvalue weighted by Gasteiger charge is 2.82. The number of hydrogen-bond donors (Lipinski definition) is 1. The predicted octanol–water partition coefficient (Wildman–Crippen LogP) is 1.76. The smallest absolute Gasteiger partial charge is 0.281 e. The zero-order chi connectivity index (χ0) is 18.5. The highest BCUT2D eigenvalue weighted by atomic mass is 32.2. The largest absolute Gasteiger partial charge is 0.439 e. The van der Waals surface area contributed by atoms with Crippen molar-refractivity contribution in [2.75, 3.05) is 13.1 Å². The molecule has 1 N–H and O–H groups in total. The molecule has 23 heavy (non-hydrogen) atoms. The van der Waals surface area contributed by atoms with Gasteiger partial charge in [-0.15, -0.1) is 0 Å². The van der Waals surface area contributed by atoms with Gasteiger partial charge in [-0.1, -0.05) is 6.92 Å². The molecule has 1 fully saturated rings. The van der Waals surface area contributed by atoms with Gasteiger partial charge in [0, 0.05) is 13.1 Å². The van der Waals surface area contributed by atoms with Crippen molar-refractivity contribution in [3.05, 3.63) is 0 Å². The van der Waals surface area contributed by atoms with Crippen LogP contribution in [-0.2, 0) is 20.1 Å². The third-order valence-corrected chi connectivity index (χ3v) is 6.32. The first-order chi connectivity index (χ1) is 10.00. The molecule has 0 aromatic carbocycles. The fourth-order valence-electron chi connectivity index (χ4n) is 1.88. The van der Waals surface area contributed by atoms with Crippen LogP contribution in [0.2, 0.25) is 0 Å². The lowest BCUT2D eigenvalue weighted by Crippen LogP contribution is -2.63. The molecule has 0 aliphatic carbocycles. The summed E-state index contributed by atoms with van der Waals surface area (Å²) in [5, 5.41) is -13.1. The van der Waals surface area contributed by atoms with Crippen LogP contribution >= 0.6 is 0 Å². The van der Waals surface area contributed by atoms with Gasteiger partial charge in [-0.2, -0.15) is 39.1 Å². The highest BCUT2D eigenvalue weighted by Crippen LogP contribution is 2.51. The van der Waals surface area contributed by atoms with Crippen molar-refractivity contribution in [2.24, 2.45) is 5.92 Å². The fraction of sp³-hybridized carbons (Fsp3) is 1.00. The summed E-state index contributed by atoms with van der Waals surface area (Å²) in [4.78, 5) is 0. The summed E-state index contributed by atoms with van der Waals surface area (Å²) in [6, 6.07) is 0. The molecule has 0 amide bonds. The van der Waals surface area contributed by atoms with Gasteiger partial charge in [0.25, 0.3) is 10.0 Å². The summed E-state index contributed by atoms with van der Waals surface area (Å²) in [7, 11) is -13.3. The highest BCUT2D eigenvalue weighted by molar-refractivity contribution is 7.90. The van der Waals surface area contributed by atoms with Crippen LogP contribution in [0.5, 0.6) is 0 Å². The Morgan fingerprint density at radius 1 is 0.913 bits per heavy atom. The van der Waals surface area contributed by atoms with Gasteiger partial charge in [0.05, 0.1) is 0 Å². The summed E-state index contributed by atoms with van der Waals surface area (Å²) < 4.78 is 132. The van der Waals surface area contributed by atoms with Crippen molar-refractivity contribution >= 4 is 20.1 Å². The zero-order valence-corrected chi connectivity index (χ0v) is 13.2. The van der Waals surface area contributed by atoms with Crippen LogP contribution in [-0.4, -0.2) is 55.2 Å². The Bertz CT molecular complexity index is 654. The van der Waals surface area contributed by atoms with Gasteiger partial charge in [0.2, 0.25) is 0 Å². The van der Waals surface area contributed by atoms with Crippen molar-refractivity contribution in [3.8, 4) is 0 Å². The number of nitrogens with zero attached hydrogens (tertiary/aromatic N) is 1. The van der Waals surface area contributed by atoms with E-state index in [1.807, 2.05) is 0 Å². The first-order valence-corrected chi connectivity index (χ1v) is 8.98. The van der Waals surface area contributed by atoms with Crippen LogP contribution in [0.3, 0.4) is 0 Å². The average Bonchev–Trinajstić information content (AvgIpc) is 2.37. The van der Waals surface area contributed by atoms with E-state index in [9.17, 15) is 43.2 Å². The number of piperidine rings is 1. The van der Waals surface area contributed by atoms with E-state index in [2.05, 4.69) is 0 Å². The average molecular weight is 393 g/mol. The molecular formula is C9H13F6NO5S2. The maximum Gasteiger partial charge on any atom is 0.439 e. The summed E-state index contributed by atoms with van der Waals surface area (Å²) >= 11 is 0. The molecule has 1 saturated heterocycles. The second kappa shape index (κ2) is 5.74. The quantitative estimate of drug-likeness (QED) is 0.568. The maximum atomic E-state index is 13.7. The number of sulfonamides is 1. The lowest BCUT2D eigenvalue weighted by molar-refractivity contribution is -0.247. The molecular weight excluding hydrogens is 380 g/mol. The van der Waals surface area contributed by atoms with E-state index in [0.29, 0.717) is 0 Å². The van der Waals surface area contributed by atoms with Crippen molar-refractivity contribution in [1.29, 1.82) is 0 Å². The van der Waals surface area contributed by atoms with Gasteiger partial charge >= 0.3 is 26.5 Å². The Kier molecular flexibility index (Phi) is 5.10. The van der Waals surface area contributed by atoms with E-state index in [0.717, 1.165) is 0 Å². The first kappa shape index (κ1) is 20.4. The van der Waals surface area contributed by atoms with Crippen molar-refractivity contribution in [1.82, 2.24) is 4.31 Å². The number of rotatable bonds is 5. The Morgan fingerprint density at radius 3 is 1.65 bits per heavy atom. The Balaban J connectivity index is 3.33. The normalized spacial score (nSPS) is 20.7. The van der Waals surface area contributed by atoms with Crippen LogP contribution < -0.4 is 0 Å². The van der Waals surface area contributed by atoms with E-state index in [4.69, 9.17) is 4.55 Å². The SMILES string of the molecule is CC1CCN(S(=O)(=O)C(F)(F)C(F)(F)C(F)(F)S(=O)(=O)O)CC1. The standard InChI is InChI=1S/C9H13F6NO5S2/c1-6-2-4-16(5-3-6)22(17,18)8(12,13)7(10,11)9(14,15)23(19,20)21/h6H,2-5H2,1H3,(H,19,20,21). The van der Waals surface area contributed by atoms with Gasteiger partial charge in [-0.3, -0.25) is 4.55 Å². The Morgan fingerprint density at radius 2 is 1.30 bits per heavy atom. The Hall–Kier alpha value is -0.600. The second-order valence-electron chi connectivity index (χ2n) is 5.17. The molecule has 0 bridgehead atoms. The molecule has 0 aromatic rings. The number of hydrogen-bond acceptors (Lipinski definition) is 4. The minimum absolute atomic E-state index is 0.0373.